The van der Waals surface area contributed by atoms with Gasteiger partial charge in [-0.05, 0) is 47.7 Å². The van der Waals surface area contributed by atoms with Crippen LogP contribution in [0.5, 0.6) is 5.75 Å². The number of rotatable bonds is 6. The standard InChI is InChI=1S/C24H29N3O3/c28-20(15-26-9-7-17-3-1-2-4-19(17)14-26)16-27-10-8-18-11-21(30-22-12-25-13-22)5-6-23(18)24(27)29/h1-6,11,20,22,25,28H,7-10,12-16H2/t20-/m1/s1. The van der Waals surface area contributed by atoms with E-state index in [0.717, 1.165) is 55.9 Å². The van der Waals surface area contributed by atoms with Crippen molar-refractivity contribution in [1.29, 1.82) is 0 Å². The van der Waals surface area contributed by atoms with Crippen molar-refractivity contribution in [2.45, 2.75) is 31.6 Å². The monoisotopic (exact) mass is 407 g/mol. The summed E-state index contributed by atoms with van der Waals surface area (Å²) in [5.41, 5.74) is 4.53. The zero-order chi connectivity index (χ0) is 20.5. The summed E-state index contributed by atoms with van der Waals surface area (Å²) >= 11 is 0. The number of carbonyl (C=O) groups excluding carboxylic acids is 1. The number of amides is 1. The molecular formula is C24H29N3O3. The van der Waals surface area contributed by atoms with Gasteiger partial charge in [-0.1, -0.05) is 24.3 Å². The lowest BCUT2D eigenvalue weighted by Gasteiger charge is -2.34. The molecule has 6 heteroatoms. The molecule has 3 heterocycles. The van der Waals surface area contributed by atoms with Gasteiger partial charge in [0.05, 0.1) is 6.10 Å². The molecule has 158 valence electrons. The summed E-state index contributed by atoms with van der Waals surface area (Å²) in [5, 5.41) is 13.9. The van der Waals surface area contributed by atoms with E-state index in [9.17, 15) is 9.90 Å². The minimum atomic E-state index is -0.547. The lowest BCUT2D eigenvalue weighted by molar-refractivity contribution is 0.0492. The maximum Gasteiger partial charge on any atom is 0.254 e. The number of hydrogen-bond acceptors (Lipinski definition) is 5. The van der Waals surface area contributed by atoms with Crippen LogP contribution in [0.1, 0.15) is 27.0 Å². The first-order chi connectivity index (χ1) is 14.7. The van der Waals surface area contributed by atoms with Gasteiger partial charge < -0.3 is 20.1 Å². The maximum absolute atomic E-state index is 13.0. The average molecular weight is 408 g/mol. The minimum absolute atomic E-state index is 0.0103. The second-order valence-electron chi connectivity index (χ2n) is 8.63. The molecule has 6 nitrogen and oxygen atoms in total. The van der Waals surface area contributed by atoms with Gasteiger partial charge in [-0.2, -0.15) is 0 Å². The molecule has 0 radical (unpaired) electrons. The lowest BCUT2D eigenvalue weighted by Crippen LogP contribution is -2.50. The first-order valence-electron chi connectivity index (χ1n) is 10.9. The van der Waals surface area contributed by atoms with E-state index in [2.05, 4.69) is 34.5 Å². The molecule has 1 amide bonds. The fourth-order valence-corrected chi connectivity index (χ4v) is 4.62. The first-order valence-corrected chi connectivity index (χ1v) is 10.9. The number of hydrogen-bond donors (Lipinski definition) is 2. The highest BCUT2D eigenvalue weighted by Gasteiger charge is 2.28. The Morgan fingerprint density at radius 3 is 2.63 bits per heavy atom. The Balaban J connectivity index is 1.17. The molecule has 1 atom stereocenters. The first kappa shape index (κ1) is 19.5. The van der Waals surface area contributed by atoms with Gasteiger partial charge in [0.2, 0.25) is 0 Å². The van der Waals surface area contributed by atoms with E-state index < -0.39 is 6.10 Å². The van der Waals surface area contributed by atoms with Crippen LogP contribution < -0.4 is 10.1 Å². The number of β-amino-alcohol motifs (C(OH)–C–C–N with tert-alkyl or cyclic N) is 1. The Morgan fingerprint density at radius 2 is 1.83 bits per heavy atom. The molecule has 0 unspecified atom stereocenters. The molecule has 30 heavy (non-hydrogen) atoms. The number of aliphatic hydroxyl groups is 1. The Hall–Kier alpha value is -2.41. The van der Waals surface area contributed by atoms with Crippen LogP contribution in [0.4, 0.5) is 0 Å². The Labute approximate surface area is 177 Å². The van der Waals surface area contributed by atoms with Gasteiger partial charge in [0.15, 0.2) is 0 Å². The number of aliphatic hydroxyl groups excluding tert-OH is 1. The van der Waals surface area contributed by atoms with Gasteiger partial charge in [-0.15, -0.1) is 0 Å². The minimum Gasteiger partial charge on any atom is -0.488 e. The second-order valence-corrected chi connectivity index (χ2v) is 8.63. The fourth-order valence-electron chi connectivity index (χ4n) is 4.62. The Morgan fingerprint density at radius 1 is 1.03 bits per heavy atom. The topological polar surface area (TPSA) is 65.0 Å². The number of nitrogens with zero attached hydrogens (tertiary/aromatic N) is 2. The molecule has 0 bridgehead atoms. The third-order valence-electron chi connectivity index (χ3n) is 6.40. The number of nitrogens with one attached hydrogen (secondary N) is 1. The van der Waals surface area contributed by atoms with Crippen LogP contribution in [-0.2, 0) is 19.4 Å². The van der Waals surface area contributed by atoms with Gasteiger partial charge in [-0.3, -0.25) is 9.69 Å². The van der Waals surface area contributed by atoms with Crippen LogP contribution in [0.2, 0.25) is 0 Å². The van der Waals surface area contributed by atoms with Crippen LogP contribution in [0, 0.1) is 0 Å². The fraction of sp³-hybridized carbons (Fsp3) is 0.458. The summed E-state index contributed by atoms with van der Waals surface area (Å²) in [6.07, 6.45) is 1.50. The molecule has 3 aliphatic heterocycles. The van der Waals surface area contributed by atoms with E-state index in [1.807, 2.05) is 18.2 Å². The van der Waals surface area contributed by atoms with Crippen molar-refractivity contribution in [3.05, 3.63) is 64.7 Å². The third-order valence-corrected chi connectivity index (χ3v) is 6.40. The Kier molecular flexibility index (Phi) is 5.46. The van der Waals surface area contributed by atoms with Gasteiger partial charge in [-0.25, -0.2) is 0 Å². The van der Waals surface area contributed by atoms with Crippen molar-refractivity contribution in [3.63, 3.8) is 0 Å². The zero-order valence-corrected chi connectivity index (χ0v) is 17.2. The predicted octanol–water partition coefficient (Wildman–Crippen LogP) is 1.45. The summed E-state index contributed by atoms with van der Waals surface area (Å²) in [5.74, 6) is 0.850. The van der Waals surface area contributed by atoms with Gasteiger partial charge in [0, 0.05) is 51.4 Å². The molecule has 5 rings (SSSR count). The molecule has 0 spiro atoms. The van der Waals surface area contributed by atoms with Crippen LogP contribution in [0.3, 0.4) is 0 Å². The summed E-state index contributed by atoms with van der Waals surface area (Å²) in [7, 11) is 0. The van der Waals surface area contributed by atoms with E-state index in [1.165, 1.54) is 11.1 Å². The van der Waals surface area contributed by atoms with Gasteiger partial charge in [0.25, 0.3) is 5.91 Å². The average Bonchev–Trinajstić information content (AvgIpc) is 2.73. The normalized spacial score (nSPS) is 20.3. The SMILES string of the molecule is O=C1c2ccc(OC3CNC3)cc2CCN1C[C@H](O)CN1CCc2ccccc2C1. The summed E-state index contributed by atoms with van der Waals surface area (Å²) < 4.78 is 5.92. The summed E-state index contributed by atoms with van der Waals surface area (Å²) in [6, 6.07) is 14.3. The Bertz CT molecular complexity index is 928. The van der Waals surface area contributed by atoms with Crippen molar-refractivity contribution >= 4 is 5.91 Å². The highest BCUT2D eigenvalue weighted by atomic mass is 16.5. The number of fused-ring (bicyclic) bond motifs is 2. The third kappa shape index (κ3) is 4.08. The summed E-state index contributed by atoms with van der Waals surface area (Å²) in [4.78, 5) is 17.0. The van der Waals surface area contributed by atoms with Crippen molar-refractivity contribution < 1.29 is 14.6 Å². The highest BCUT2D eigenvalue weighted by molar-refractivity contribution is 5.97. The van der Waals surface area contributed by atoms with Crippen molar-refractivity contribution in [2.75, 3.05) is 39.3 Å². The van der Waals surface area contributed by atoms with Gasteiger partial charge in [0.1, 0.15) is 11.9 Å². The number of carbonyl (C=O) groups is 1. The smallest absolute Gasteiger partial charge is 0.254 e. The molecule has 0 saturated carbocycles. The van der Waals surface area contributed by atoms with Crippen molar-refractivity contribution in [3.8, 4) is 5.75 Å². The quantitative estimate of drug-likeness (QED) is 0.759. The van der Waals surface area contributed by atoms with E-state index in [1.54, 1.807) is 4.90 Å². The van der Waals surface area contributed by atoms with Crippen LogP contribution in [0.15, 0.2) is 42.5 Å². The van der Waals surface area contributed by atoms with Crippen molar-refractivity contribution in [2.24, 2.45) is 0 Å². The summed E-state index contributed by atoms with van der Waals surface area (Å²) in [6.45, 7) is 5.18. The largest absolute Gasteiger partial charge is 0.488 e. The van der Waals surface area contributed by atoms with E-state index in [0.29, 0.717) is 19.6 Å². The molecule has 2 aromatic rings. The van der Waals surface area contributed by atoms with Crippen LogP contribution >= 0.6 is 0 Å². The highest BCUT2D eigenvalue weighted by Crippen LogP contribution is 2.25. The molecule has 0 aliphatic carbocycles. The van der Waals surface area contributed by atoms with E-state index in [-0.39, 0.29) is 12.0 Å². The molecule has 2 aromatic carbocycles. The molecule has 2 N–H and O–H groups in total. The maximum atomic E-state index is 13.0. The lowest BCUT2D eigenvalue weighted by atomic mass is 9.98. The van der Waals surface area contributed by atoms with Crippen LogP contribution in [-0.4, -0.2) is 72.3 Å². The number of benzene rings is 2. The molecule has 0 aromatic heterocycles. The molecular weight excluding hydrogens is 378 g/mol. The number of ether oxygens (including phenoxy) is 1. The molecule has 3 aliphatic rings. The zero-order valence-electron chi connectivity index (χ0n) is 17.2. The predicted molar refractivity (Wildman–Crippen MR) is 115 cm³/mol. The van der Waals surface area contributed by atoms with E-state index in [4.69, 9.17) is 4.74 Å². The van der Waals surface area contributed by atoms with E-state index >= 15 is 0 Å². The van der Waals surface area contributed by atoms with Crippen LogP contribution in [0.25, 0.3) is 0 Å². The molecule has 1 saturated heterocycles. The second kappa shape index (κ2) is 8.38. The van der Waals surface area contributed by atoms with Gasteiger partial charge >= 0.3 is 0 Å². The molecule has 1 fully saturated rings. The van der Waals surface area contributed by atoms with Crippen molar-refractivity contribution in [1.82, 2.24) is 15.1 Å².